The highest BCUT2D eigenvalue weighted by Crippen LogP contribution is 2.37. The number of carbonyl (C=O) groups excluding carboxylic acids is 1. The Morgan fingerprint density at radius 1 is 1.24 bits per heavy atom. The number of aliphatic hydroxyl groups excluding tert-OH is 1. The van der Waals surface area contributed by atoms with E-state index in [1.807, 2.05) is 52.0 Å². The van der Waals surface area contributed by atoms with E-state index >= 15 is 0 Å². The Kier molecular flexibility index (Phi) is 6.27. The van der Waals surface area contributed by atoms with Crippen molar-refractivity contribution >= 4 is 6.09 Å². The van der Waals surface area contributed by atoms with Gasteiger partial charge in [0.05, 0.1) is 6.10 Å². The predicted octanol–water partition coefficient (Wildman–Crippen LogP) is 5.48. The number of hydrogen-bond donors (Lipinski definition) is 1. The number of aliphatic hydroxyl groups is 1. The number of nitrogens with zero attached hydrogens (tertiary/aromatic N) is 1. The van der Waals surface area contributed by atoms with Crippen LogP contribution in [0.1, 0.15) is 50.8 Å². The second-order valence-corrected chi connectivity index (χ2v) is 8.85. The first-order valence-electron chi connectivity index (χ1n) is 10.2. The quantitative estimate of drug-likeness (QED) is 0.743. The zero-order chi connectivity index (χ0) is 21.2. The summed E-state index contributed by atoms with van der Waals surface area (Å²) in [6.07, 6.45) is 0.305. The first-order valence-corrected chi connectivity index (χ1v) is 10.2. The molecule has 0 aromatic heterocycles. The summed E-state index contributed by atoms with van der Waals surface area (Å²) in [7, 11) is 0. The van der Waals surface area contributed by atoms with E-state index in [9.17, 15) is 14.3 Å². The maximum atomic E-state index is 14.8. The van der Waals surface area contributed by atoms with Crippen LogP contribution in [0.4, 0.5) is 9.18 Å². The molecule has 1 unspecified atom stereocenters. The summed E-state index contributed by atoms with van der Waals surface area (Å²) in [5.41, 5.74) is 2.20. The van der Waals surface area contributed by atoms with Gasteiger partial charge in [-0.1, -0.05) is 42.0 Å². The van der Waals surface area contributed by atoms with E-state index in [-0.39, 0.29) is 17.8 Å². The summed E-state index contributed by atoms with van der Waals surface area (Å²) in [4.78, 5) is 14.1. The molecule has 1 N–H and O–H groups in total. The summed E-state index contributed by atoms with van der Waals surface area (Å²) < 4.78 is 20.3. The van der Waals surface area contributed by atoms with Crippen molar-refractivity contribution in [2.24, 2.45) is 5.92 Å². The molecule has 0 spiro atoms. The Hall–Kier alpha value is -2.40. The van der Waals surface area contributed by atoms with Crippen LogP contribution in [-0.2, 0) is 4.74 Å². The van der Waals surface area contributed by atoms with Gasteiger partial charge in [0.25, 0.3) is 0 Å². The standard InChI is InChI=1S/C24H30FNO3/c1-16-8-5-9-17(14-16)21-19(11-6-12-20(21)25)22(27)18-10-7-13-26(15-18)23(28)29-24(2,3)4/h5-6,8-9,11-12,14,18,22,27H,7,10,13,15H2,1-4H3/t18-,22?/m1/s1. The van der Waals surface area contributed by atoms with Crippen LogP contribution >= 0.6 is 0 Å². The molecule has 1 aliphatic heterocycles. The van der Waals surface area contributed by atoms with E-state index < -0.39 is 11.7 Å². The third kappa shape index (κ3) is 5.15. The zero-order valence-electron chi connectivity index (χ0n) is 17.6. The minimum atomic E-state index is -0.869. The van der Waals surface area contributed by atoms with Gasteiger partial charge >= 0.3 is 6.09 Å². The molecule has 0 bridgehead atoms. The van der Waals surface area contributed by atoms with Crippen LogP contribution < -0.4 is 0 Å². The van der Waals surface area contributed by atoms with Gasteiger partial charge < -0.3 is 14.7 Å². The lowest BCUT2D eigenvalue weighted by molar-refractivity contribution is 0.00243. The molecule has 1 heterocycles. The Morgan fingerprint density at radius 3 is 2.66 bits per heavy atom. The molecule has 3 rings (SSSR count). The van der Waals surface area contributed by atoms with Crippen LogP contribution in [0.15, 0.2) is 42.5 Å². The smallest absolute Gasteiger partial charge is 0.410 e. The maximum Gasteiger partial charge on any atom is 0.410 e. The fourth-order valence-electron chi connectivity index (χ4n) is 3.91. The molecule has 29 heavy (non-hydrogen) atoms. The molecule has 0 saturated carbocycles. The van der Waals surface area contributed by atoms with Crippen molar-refractivity contribution in [2.75, 3.05) is 13.1 Å². The third-order valence-corrected chi connectivity index (χ3v) is 5.23. The highest BCUT2D eigenvalue weighted by Gasteiger charge is 2.33. The summed E-state index contributed by atoms with van der Waals surface area (Å²) in [6.45, 7) is 8.46. The van der Waals surface area contributed by atoms with E-state index in [0.29, 0.717) is 24.2 Å². The SMILES string of the molecule is Cc1cccc(-c2c(F)cccc2C(O)[C@@H]2CCCN(C(=O)OC(C)(C)C)C2)c1. The van der Waals surface area contributed by atoms with Gasteiger partial charge in [-0.05, 0) is 57.7 Å². The van der Waals surface area contributed by atoms with Gasteiger partial charge in [0, 0.05) is 24.6 Å². The Morgan fingerprint density at radius 2 is 1.97 bits per heavy atom. The normalized spacial score (nSPS) is 18.4. The number of aryl methyl sites for hydroxylation is 1. The first-order chi connectivity index (χ1) is 13.7. The number of rotatable bonds is 3. The summed E-state index contributed by atoms with van der Waals surface area (Å²) in [5, 5.41) is 11.2. The molecule has 1 aliphatic rings. The average molecular weight is 400 g/mol. The van der Waals surface area contributed by atoms with Gasteiger partial charge in [-0.3, -0.25) is 0 Å². The van der Waals surface area contributed by atoms with Gasteiger partial charge in [0.1, 0.15) is 11.4 Å². The molecule has 1 amide bonds. The summed E-state index contributed by atoms with van der Waals surface area (Å²) >= 11 is 0. The molecule has 1 fully saturated rings. The topological polar surface area (TPSA) is 49.8 Å². The lowest BCUT2D eigenvalue weighted by atomic mass is 9.85. The van der Waals surface area contributed by atoms with Gasteiger partial charge in [0.2, 0.25) is 0 Å². The van der Waals surface area contributed by atoms with Crippen LogP contribution in [0.2, 0.25) is 0 Å². The Balaban J connectivity index is 1.86. The van der Waals surface area contributed by atoms with Crippen molar-refractivity contribution in [1.82, 2.24) is 4.90 Å². The van der Waals surface area contributed by atoms with Gasteiger partial charge in [-0.25, -0.2) is 9.18 Å². The third-order valence-electron chi connectivity index (χ3n) is 5.23. The number of ether oxygens (including phenoxy) is 1. The lowest BCUT2D eigenvalue weighted by Gasteiger charge is -2.36. The molecular formula is C24H30FNO3. The van der Waals surface area contributed by atoms with E-state index in [0.717, 1.165) is 24.0 Å². The Bertz CT molecular complexity index is 875. The number of halogens is 1. The molecular weight excluding hydrogens is 369 g/mol. The maximum absolute atomic E-state index is 14.8. The van der Waals surface area contributed by atoms with E-state index in [2.05, 4.69) is 0 Å². The van der Waals surface area contributed by atoms with Crippen molar-refractivity contribution < 1.29 is 19.0 Å². The molecule has 1 saturated heterocycles. The van der Waals surface area contributed by atoms with Gasteiger partial charge in [-0.15, -0.1) is 0 Å². The lowest BCUT2D eigenvalue weighted by Crippen LogP contribution is -2.44. The highest BCUT2D eigenvalue weighted by atomic mass is 19.1. The van der Waals surface area contributed by atoms with Crippen LogP contribution in [0.5, 0.6) is 0 Å². The molecule has 156 valence electrons. The number of benzene rings is 2. The molecule has 0 aliphatic carbocycles. The molecule has 2 aromatic carbocycles. The summed E-state index contributed by atoms with van der Waals surface area (Å²) in [5.74, 6) is -0.534. The number of amides is 1. The molecule has 2 aromatic rings. The second-order valence-electron chi connectivity index (χ2n) is 8.85. The molecule has 0 radical (unpaired) electrons. The van der Waals surface area contributed by atoms with Gasteiger partial charge in [0.15, 0.2) is 0 Å². The monoisotopic (exact) mass is 399 g/mol. The zero-order valence-corrected chi connectivity index (χ0v) is 17.6. The molecule has 4 nitrogen and oxygen atoms in total. The van der Waals surface area contributed by atoms with Crippen molar-refractivity contribution in [3.05, 3.63) is 59.4 Å². The van der Waals surface area contributed by atoms with Gasteiger partial charge in [-0.2, -0.15) is 0 Å². The Labute approximate surface area is 172 Å². The number of piperidine rings is 1. The highest BCUT2D eigenvalue weighted by molar-refractivity contribution is 5.70. The van der Waals surface area contributed by atoms with E-state index in [4.69, 9.17) is 4.74 Å². The average Bonchev–Trinajstić information content (AvgIpc) is 2.66. The number of likely N-dealkylation sites (tertiary alicyclic amines) is 1. The number of hydrogen-bond acceptors (Lipinski definition) is 3. The van der Waals surface area contributed by atoms with Crippen molar-refractivity contribution in [1.29, 1.82) is 0 Å². The molecule has 5 heteroatoms. The van der Waals surface area contributed by atoms with Crippen LogP contribution in [0.3, 0.4) is 0 Å². The van der Waals surface area contributed by atoms with Crippen molar-refractivity contribution in [3.8, 4) is 11.1 Å². The fourth-order valence-corrected chi connectivity index (χ4v) is 3.91. The minimum Gasteiger partial charge on any atom is -0.444 e. The largest absolute Gasteiger partial charge is 0.444 e. The minimum absolute atomic E-state index is 0.179. The fraction of sp³-hybridized carbons (Fsp3) is 0.458. The molecule has 2 atom stereocenters. The van der Waals surface area contributed by atoms with Crippen LogP contribution in [0, 0.1) is 18.7 Å². The van der Waals surface area contributed by atoms with Crippen molar-refractivity contribution in [3.63, 3.8) is 0 Å². The van der Waals surface area contributed by atoms with Crippen LogP contribution in [-0.4, -0.2) is 34.8 Å². The summed E-state index contributed by atoms with van der Waals surface area (Å²) in [6, 6.07) is 12.4. The predicted molar refractivity (Wildman–Crippen MR) is 112 cm³/mol. The second kappa shape index (κ2) is 8.54. The van der Waals surface area contributed by atoms with E-state index in [1.165, 1.54) is 6.07 Å². The number of carbonyl (C=O) groups is 1. The van der Waals surface area contributed by atoms with Crippen LogP contribution in [0.25, 0.3) is 11.1 Å². The van der Waals surface area contributed by atoms with E-state index in [1.54, 1.807) is 17.0 Å². The van der Waals surface area contributed by atoms with Crippen molar-refractivity contribution in [2.45, 2.75) is 52.2 Å². The first kappa shape index (κ1) is 21.3.